The van der Waals surface area contributed by atoms with Gasteiger partial charge in [-0.15, -0.1) is 0 Å². The fraction of sp³-hybridized carbons (Fsp3) is 0.407. The van der Waals surface area contributed by atoms with Crippen molar-refractivity contribution in [1.82, 2.24) is 24.3 Å². The molecule has 0 spiro atoms. The topological polar surface area (TPSA) is 86.6 Å². The molecule has 2 aliphatic rings. The number of hydrogen-bond donors (Lipinski definition) is 1. The van der Waals surface area contributed by atoms with E-state index in [1.54, 1.807) is 27.8 Å². The number of fused-ring (bicyclic) bond motifs is 1. The number of piperazine rings is 1. The minimum Gasteiger partial charge on any atom is -0.369 e. The molecule has 188 valence electrons. The lowest BCUT2D eigenvalue weighted by Gasteiger charge is -2.39. The normalized spacial score (nSPS) is 18.8. The number of anilines is 3. The largest absolute Gasteiger partial charge is 0.369 e. The van der Waals surface area contributed by atoms with Crippen LogP contribution < -0.4 is 15.8 Å². The minimum absolute atomic E-state index is 0.0387. The van der Waals surface area contributed by atoms with Crippen LogP contribution >= 0.6 is 0 Å². The molecule has 1 aromatic carbocycles. The molecule has 2 aromatic heterocycles. The van der Waals surface area contributed by atoms with Crippen molar-refractivity contribution in [2.45, 2.75) is 25.9 Å². The molecule has 1 atom stereocenters. The van der Waals surface area contributed by atoms with Gasteiger partial charge < -0.3 is 20.0 Å². The van der Waals surface area contributed by atoms with Gasteiger partial charge in [0.1, 0.15) is 5.65 Å². The number of amides is 1. The van der Waals surface area contributed by atoms with Crippen molar-refractivity contribution in [1.29, 1.82) is 0 Å². The Balaban J connectivity index is 1.28. The van der Waals surface area contributed by atoms with Crippen molar-refractivity contribution < 1.29 is 4.79 Å². The number of benzene rings is 1. The summed E-state index contributed by atoms with van der Waals surface area (Å²) in [5, 5.41) is 4.10. The van der Waals surface area contributed by atoms with Crippen LogP contribution in [0.4, 0.5) is 17.3 Å². The molecule has 1 N–H and O–H groups in total. The third-order valence-electron chi connectivity index (χ3n) is 7.38. The maximum atomic E-state index is 12.7. The number of carbonyl (C=O) groups excluding carboxylic acids is 1. The SMILES string of the molecule is C=CC(=O)N1CC(CCn2c(=O)ccc3cnc(Nc4ccc(N5CCN(C)[C@@H](C)C5)cc4)nc32)C1. The van der Waals surface area contributed by atoms with E-state index in [-0.39, 0.29) is 11.5 Å². The Morgan fingerprint density at radius 2 is 1.92 bits per heavy atom. The van der Waals surface area contributed by atoms with E-state index in [1.807, 2.05) is 12.1 Å². The van der Waals surface area contributed by atoms with Crippen molar-refractivity contribution in [3.05, 3.63) is 65.6 Å². The molecule has 3 aromatic rings. The molecular formula is C27H33N7O2. The number of aryl methyl sites for hydroxylation is 1. The van der Waals surface area contributed by atoms with Crippen LogP contribution in [0.3, 0.4) is 0 Å². The molecule has 2 fully saturated rings. The number of likely N-dealkylation sites (tertiary alicyclic amines) is 1. The summed E-state index contributed by atoms with van der Waals surface area (Å²) in [5.74, 6) is 0.787. The summed E-state index contributed by atoms with van der Waals surface area (Å²) in [6.45, 7) is 10.8. The zero-order valence-corrected chi connectivity index (χ0v) is 20.9. The van der Waals surface area contributed by atoms with Crippen LogP contribution in [-0.4, -0.2) is 76.1 Å². The van der Waals surface area contributed by atoms with E-state index in [9.17, 15) is 9.59 Å². The Bertz CT molecular complexity index is 1310. The highest BCUT2D eigenvalue weighted by Gasteiger charge is 2.29. The lowest BCUT2D eigenvalue weighted by Crippen LogP contribution is -2.50. The highest BCUT2D eigenvalue weighted by molar-refractivity contribution is 5.87. The van der Waals surface area contributed by atoms with Gasteiger partial charge in [-0.25, -0.2) is 4.98 Å². The standard InChI is InChI=1S/C27H33N7O2/c1-4-24(35)33-17-20(18-33)11-12-34-25(36)10-5-21-15-28-27(30-26(21)34)29-22-6-8-23(9-7-22)32-14-13-31(3)19(2)16-32/h4-10,15,19-20H,1,11-14,16-18H2,2-3H3,(H,28,29,30)/t19-/m0/s1. The van der Waals surface area contributed by atoms with Crippen LogP contribution in [0.2, 0.25) is 0 Å². The van der Waals surface area contributed by atoms with Crippen molar-refractivity contribution in [2.24, 2.45) is 5.92 Å². The summed E-state index contributed by atoms with van der Waals surface area (Å²) in [6, 6.07) is 12.2. The van der Waals surface area contributed by atoms with E-state index >= 15 is 0 Å². The van der Waals surface area contributed by atoms with E-state index in [0.29, 0.717) is 43.2 Å². The van der Waals surface area contributed by atoms with Crippen LogP contribution in [-0.2, 0) is 11.3 Å². The highest BCUT2D eigenvalue weighted by atomic mass is 16.2. The Kier molecular flexibility index (Phi) is 6.73. The van der Waals surface area contributed by atoms with E-state index < -0.39 is 0 Å². The van der Waals surface area contributed by atoms with Gasteiger partial charge in [0, 0.05) is 74.3 Å². The average Bonchev–Trinajstić information content (AvgIpc) is 2.86. The van der Waals surface area contributed by atoms with Crippen LogP contribution in [0.25, 0.3) is 11.0 Å². The first-order valence-corrected chi connectivity index (χ1v) is 12.5. The van der Waals surface area contributed by atoms with Crippen LogP contribution in [0, 0.1) is 5.92 Å². The lowest BCUT2D eigenvalue weighted by atomic mass is 9.96. The number of carbonyl (C=O) groups is 1. The molecule has 2 saturated heterocycles. The average molecular weight is 488 g/mol. The van der Waals surface area contributed by atoms with Crippen LogP contribution in [0.1, 0.15) is 13.3 Å². The second-order valence-electron chi connectivity index (χ2n) is 9.85. The van der Waals surface area contributed by atoms with Crippen molar-refractivity contribution in [2.75, 3.05) is 50.0 Å². The van der Waals surface area contributed by atoms with Gasteiger partial charge >= 0.3 is 0 Å². The van der Waals surface area contributed by atoms with Gasteiger partial charge in [-0.05, 0) is 62.7 Å². The van der Waals surface area contributed by atoms with Crippen LogP contribution in [0.5, 0.6) is 0 Å². The van der Waals surface area contributed by atoms with Crippen molar-refractivity contribution in [3.8, 4) is 0 Å². The van der Waals surface area contributed by atoms with Crippen molar-refractivity contribution in [3.63, 3.8) is 0 Å². The summed E-state index contributed by atoms with van der Waals surface area (Å²) in [4.78, 5) is 40.1. The fourth-order valence-corrected chi connectivity index (χ4v) is 4.89. The fourth-order valence-electron chi connectivity index (χ4n) is 4.89. The van der Waals surface area contributed by atoms with Gasteiger partial charge in [0.15, 0.2) is 0 Å². The molecule has 0 bridgehead atoms. The molecule has 1 amide bonds. The van der Waals surface area contributed by atoms with Gasteiger partial charge in [-0.1, -0.05) is 6.58 Å². The summed E-state index contributed by atoms with van der Waals surface area (Å²) in [7, 11) is 2.17. The van der Waals surface area contributed by atoms with Gasteiger partial charge in [-0.3, -0.25) is 14.2 Å². The molecule has 5 rings (SSSR count). The lowest BCUT2D eigenvalue weighted by molar-refractivity contribution is -0.132. The second kappa shape index (κ2) is 10.1. The molecule has 9 nitrogen and oxygen atoms in total. The molecule has 0 unspecified atom stereocenters. The molecule has 0 saturated carbocycles. The molecule has 9 heteroatoms. The monoisotopic (exact) mass is 487 g/mol. The van der Waals surface area contributed by atoms with Crippen LogP contribution in [0.15, 0.2) is 60.0 Å². The predicted octanol–water partition coefficient (Wildman–Crippen LogP) is 2.71. The number of nitrogens with one attached hydrogen (secondary N) is 1. The van der Waals surface area contributed by atoms with E-state index in [4.69, 9.17) is 0 Å². The molecule has 2 aliphatic heterocycles. The summed E-state index contributed by atoms with van der Waals surface area (Å²) in [5.41, 5.74) is 2.63. The Labute approximate surface area is 211 Å². The predicted molar refractivity (Wildman–Crippen MR) is 143 cm³/mol. The van der Waals surface area contributed by atoms with E-state index in [0.717, 1.165) is 37.1 Å². The maximum absolute atomic E-state index is 12.7. The smallest absolute Gasteiger partial charge is 0.252 e. The summed E-state index contributed by atoms with van der Waals surface area (Å²) >= 11 is 0. The third kappa shape index (κ3) is 4.97. The highest BCUT2D eigenvalue weighted by Crippen LogP contribution is 2.24. The van der Waals surface area contributed by atoms with E-state index in [1.165, 1.54) is 11.8 Å². The minimum atomic E-state index is -0.0868. The molecule has 0 aliphatic carbocycles. The second-order valence-corrected chi connectivity index (χ2v) is 9.85. The number of hydrogen-bond acceptors (Lipinski definition) is 7. The van der Waals surface area contributed by atoms with Gasteiger partial charge in [0.25, 0.3) is 5.56 Å². The molecule has 4 heterocycles. The summed E-state index contributed by atoms with van der Waals surface area (Å²) < 4.78 is 1.71. The zero-order valence-electron chi connectivity index (χ0n) is 20.9. The Hall–Kier alpha value is -3.72. The summed E-state index contributed by atoms with van der Waals surface area (Å²) in [6.07, 6.45) is 3.89. The zero-order chi connectivity index (χ0) is 25.2. The number of nitrogens with zero attached hydrogens (tertiary/aromatic N) is 6. The van der Waals surface area contributed by atoms with Crippen molar-refractivity contribution >= 4 is 34.3 Å². The first-order valence-electron chi connectivity index (χ1n) is 12.5. The number of pyridine rings is 1. The Morgan fingerprint density at radius 3 is 2.64 bits per heavy atom. The third-order valence-corrected chi connectivity index (χ3v) is 7.38. The quantitative estimate of drug-likeness (QED) is 0.513. The van der Waals surface area contributed by atoms with E-state index in [2.05, 4.69) is 57.8 Å². The van der Waals surface area contributed by atoms with Gasteiger partial charge in [0.05, 0.1) is 0 Å². The molecule has 0 radical (unpaired) electrons. The maximum Gasteiger partial charge on any atom is 0.252 e. The first-order chi connectivity index (χ1) is 17.4. The number of aromatic nitrogens is 3. The Morgan fingerprint density at radius 1 is 1.14 bits per heavy atom. The molecular weight excluding hydrogens is 454 g/mol. The number of rotatable bonds is 7. The first kappa shape index (κ1) is 24.0. The van der Waals surface area contributed by atoms with Gasteiger partial charge in [0.2, 0.25) is 11.9 Å². The molecule has 36 heavy (non-hydrogen) atoms. The van der Waals surface area contributed by atoms with Gasteiger partial charge in [-0.2, -0.15) is 4.98 Å². The number of likely N-dealkylation sites (N-methyl/N-ethyl adjacent to an activating group) is 1.